The number of halogens is 2. The number of ether oxygens (including phenoxy) is 1. The Hall–Kier alpha value is -2.03. The van der Waals surface area contributed by atoms with Crippen LogP contribution < -0.4 is 20.7 Å². The minimum atomic E-state index is -0.226. The Morgan fingerprint density at radius 1 is 1.25 bits per heavy atom. The summed E-state index contributed by atoms with van der Waals surface area (Å²) in [5, 5.41) is 3.25. The second-order valence-corrected chi connectivity index (χ2v) is 6.53. The smallest absolute Gasteiger partial charge is 0.189 e. The predicted molar refractivity (Wildman–Crippen MR) is 123 cm³/mol. The number of guanidine groups is 1. The van der Waals surface area contributed by atoms with E-state index in [1.165, 1.54) is 6.07 Å². The maximum Gasteiger partial charge on any atom is 0.189 e. The third-order valence-corrected chi connectivity index (χ3v) is 4.83. The average molecular weight is 498 g/mol. The number of nitrogens with zero attached hydrogens (tertiary/aromatic N) is 2. The summed E-state index contributed by atoms with van der Waals surface area (Å²) in [6, 6.07) is 13.2. The molecule has 2 aromatic carbocycles. The van der Waals surface area contributed by atoms with E-state index in [9.17, 15) is 4.39 Å². The van der Waals surface area contributed by atoms with E-state index in [2.05, 4.69) is 10.3 Å². The van der Waals surface area contributed by atoms with Gasteiger partial charge in [-0.25, -0.2) is 9.38 Å². The second-order valence-electron chi connectivity index (χ2n) is 6.53. The van der Waals surface area contributed by atoms with Crippen molar-refractivity contribution in [2.45, 2.75) is 32.9 Å². The number of rotatable bonds is 6. The zero-order chi connectivity index (χ0) is 19.2. The highest BCUT2D eigenvalue weighted by atomic mass is 127. The summed E-state index contributed by atoms with van der Waals surface area (Å²) in [5.41, 5.74) is 8.56. The monoisotopic (exact) mass is 498 g/mol. The molecule has 1 unspecified atom stereocenters. The maximum atomic E-state index is 14.4. The molecule has 1 atom stereocenters. The first-order valence-electron chi connectivity index (χ1n) is 9.44. The molecule has 0 fully saturated rings. The van der Waals surface area contributed by atoms with Gasteiger partial charge in [-0.05, 0) is 37.6 Å². The molecule has 3 N–H and O–H groups in total. The van der Waals surface area contributed by atoms with Crippen LogP contribution in [0.4, 0.5) is 10.1 Å². The van der Waals surface area contributed by atoms with Crippen LogP contribution in [0.5, 0.6) is 5.75 Å². The van der Waals surface area contributed by atoms with Crippen molar-refractivity contribution < 1.29 is 9.13 Å². The topological polar surface area (TPSA) is 62.9 Å². The Bertz CT molecular complexity index is 811. The van der Waals surface area contributed by atoms with E-state index < -0.39 is 0 Å². The molecule has 0 saturated carbocycles. The normalized spacial score (nSPS) is 15.8. The number of hydrogen-bond acceptors (Lipinski definition) is 3. The average Bonchev–Trinajstić information content (AvgIpc) is 2.69. The van der Waals surface area contributed by atoms with Crippen molar-refractivity contribution in [3.05, 3.63) is 59.4 Å². The van der Waals surface area contributed by atoms with Crippen LogP contribution in [0.2, 0.25) is 0 Å². The van der Waals surface area contributed by atoms with Gasteiger partial charge in [0.15, 0.2) is 5.96 Å². The van der Waals surface area contributed by atoms with Crippen molar-refractivity contribution in [2.75, 3.05) is 24.6 Å². The van der Waals surface area contributed by atoms with Gasteiger partial charge in [0, 0.05) is 25.1 Å². The zero-order valence-electron chi connectivity index (χ0n) is 16.3. The fourth-order valence-corrected chi connectivity index (χ4v) is 3.36. The summed E-state index contributed by atoms with van der Waals surface area (Å²) in [6.45, 7) is 6.55. The van der Waals surface area contributed by atoms with E-state index in [0.29, 0.717) is 24.8 Å². The van der Waals surface area contributed by atoms with E-state index in [1.807, 2.05) is 55.1 Å². The van der Waals surface area contributed by atoms with Crippen molar-refractivity contribution in [3.8, 4) is 5.75 Å². The molecule has 1 aliphatic rings. The quantitative estimate of drug-likeness (QED) is 0.356. The van der Waals surface area contributed by atoms with E-state index in [-0.39, 0.29) is 35.8 Å². The fraction of sp³-hybridized carbons (Fsp3) is 0.381. The molecule has 152 valence electrons. The molecule has 1 aliphatic heterocycles. The summed E-state index contributed by atoms with van der Waals surface area (Å²) in [6.07, 6.45) is 0.820. The van der Waals surface area contributed by atoms with Crippen LogP contribution in [0.3, 0.4) is 0 Å². The minimum absolute atomic E-state index is 0. The van der Waals surface area contributed by atoms with Gasteiger partial charge in [-0.3, -0.25) is 0 Å². The van der Waals surface area contributed by atoms with Crippen LogP contribution in [-0.2, 0) is 6.54 Å². The first-order chi connectivity index (χ1) is 13.1. The van der Waals surface area contributed by atoms with Crippen LogP contribution >= 0.6 is 24.0 Å². The second kappa shape index (κ2) is 10.5. The summed E-state index contributed by atoms with van der Waals surface area (Å²) in [5.74, 6) is 1.00. The lowest BCUT2D eigenvalue weighted by Gasteiger charge is -2.27. The van der Waals surface area contributed by atoms with Gasteiger partial charge in [-0.1, -0.05) is 24.3 Å². The molecule has 5 nitrogen and oxygen atoms in total. The highest BCUT2D eigenvalue weighted by Crippen LogP contribution is 2.31. The molecular formula is C21H28FIN4O. The largest absolute Gasteiger partial charge is 0.493 e. The van der Waals surface area contributed by atoms with Gasteiger partial charge in [0.2, 0.25) is 0 Å². The van der Waals surface area contributed by atoms with Gasteiger partial charge < -0.3 is 20.7 Å². The van der Waals surface area contributed by atoms with Gasteiger partial charge in [0.05, 0.1) is 24.9 Å². The van der Waals surface area contributed by atoms with Crippen LogP contribution in [0, 0.1) is 5.82 Å². The van der Waals surface area contributed by atoms with Gasteiger partial charge in [-0.2, -0.15) is 0 Å². The molecule has 0 bridgehead atoms. The van der Waals surface area contributed by atoms with Crippen molar-refractivity contribution in [1.82, 2.24) is 5.32 Å². The lowest BCUT2D eigenvalue weighted by atomic mass is 10.0. The lowest BCUT2D eigenvalue weighted by molar-refractivity contribution is 0.262. The Balaban J connectivity index is 0.00000280. The number of anilines is 1. The third-order valence-electron chi connectivity index (χ3n) is 4.83. The van der Waals surface area contributed by atoms with Gasteiger partial charge in [-0.15, -0.1) is 24.0 Å². The number of nitrogens with one attached hydrogen (secondary N) is 1. The lowest BCUT2D eigenvalue weighted by Crippen LogP contribution is -2.37. The van der Waals surface area contributed by atoms with Crippen LogP contribution in [0.1, 0.15) is 37.4 Å². The highest BCUT2D eigenvalue weighted by Gasteiger charge is 2.21. The van der Waals surface area contributed by atoms with E-state index in [0.717, 1.165) is 36.4 Å². The SMILES string of the molecule is CCN(CC)c1ccc(CN=C(N)NC2CCOc3ccccc32)cc1F.I. The molecule has 0 aromatic heterocycles. The summed E-state index contributed by atoms with van der Waals surface area (Å²) >= 11 is 0. The number of nitrogens with two attached hydrogens (primary N) is 1. The maximum absolute atomic E-state index is 14.4. The van der Waals surface area contributed by atoms with Crippen LogP contribution in [0.25, 0.3) is 0 Å². The minimum Gasteiger partial charge on any atom is -0.493 e. The van der Waals surface area contributed by atoms with Gasteiger partial charge in [0.1, 0.15) is 11.6 Å². The van der Waals surface area contributed by atoms with Gasteiger partial charge in [0.25, 0.3) is 0 Å². The molecule has 0 saturated heterocycles. The number of hydrogen-bond donors (Lipinski definition) is 2. The predicted octanol–water partition coefficient (Wildman–Crippen LogP) is 4.22. The number of aliphatic imine (C=N–C) groups is 1. The Morgan fingerprint density at radius 2 is 2.00 bits per heavy atom. The number of fused-ring (bicyclic) bond motifs is 1. The summed E-state index contributed by atoms with van der Waals surface area (Å²) < 4.78 is 20.0. The van der Waals surface area contributed by atoms with Gasteiger partial charge >= 0.3 is 0 Å². The van der Waals surface area contributed by atoms with Crippen LogP contribution in [0.15, 0.2) is 47.5 Å². The molecule has 7 heteroatoms. The molecular weight excluding hydrogens is 470 g/mol. The van der Waals surface area contributed by atoms with Crippen molar-refractivity contribution in [3.63, 3.8) is 0 Å². The highest BCUT2D eigenvalue weighted by molar-refractivity contribution is 14.0. The summed E-state index contributed by atoms with van der Waals surface area (Å²) in [7, 11) is 0. The number of benzene rings is 2. The first-order valence-corrected chi connectivity index (χ1v) is 9.44. The number of para-hydroxylation sites is 1. The molecule has 0 spiro atoms. The Labute approximate surface area is 183 Å². The Morgan fingerprint density at radius 3 is 2.71 bits per heavy atom. The molecule has 0 aliphatic carbocycles. The van der Waals surface area contributed by atoms with Crippen molar-refractivity contribution >= 4 is 35.6 Å². The fourth-order valence-electron chi connectivity index (χ4n) is 3.36. The third kappa shape index (κ3) is 5.27. The zero-order valence-corrected chi connectivity index (χ0v) is 18.7. The molecule has 1 heterocycles. The van der Waals surface area contributed by atoms with Crippen molar-refractivity contribution in [1.29, 1.82) is 0 Å². The molecule has 3 rings (SSSR count). The Kier molecular flexibility index (Phi) is 8.35. The van der Waals surface area contributed by atoms with E-state index in [1.54, 1.807) is 0 Å². The van der Waals surface area contributed by atoms with E-state index >= 15 is 0 Å². The standard InChI is InChI=1S/C21H27FN4O.HI/c1-3-26(4-2)19-10-9-15(13-17(19)22)14-24-21(23)25-18-11-12-27-20-8-6-5-7-16(18)20;/h5-10,13,18H,3-4,11-12,14H2,1-2H3,(H3,23,24,25);1H. The summed E-state index contributed by atoms with van der Waals surface area (Å²) in [4.78, 5) is 6.37. The molecule has 28 heavy (non-hydrogen) atoms. The van der Waals surface area contributed by atoms with Crippen LogP contribution in [-0.4, -0.2) is 25.7 Å². The van der Waals surface area contributed by atoms with Crippen molar-refractivity contribution in [2.24, 2.45) is 10.7 Å². The molecule has 0 radical (unpaired) electrons. The van der Waals surface area contributed by atoms with E-state index in [4.69, 9.17) is 10.5 Å². The molecule has 0 amide bonds. The molecule has 2 aromatic rings. The first kappa shape index (κ1) is 22.3.